The van der Waals surface area contributed by atoms with Gasteiger partial charge < -0.3 is 10.6 Å². The number of benzene rings is 1. The van der Waals surface area contributed by atoms with Crippen molar-refractivity contribution in [1.29, 1.82) is 0 Å². The summed E-state index contributed by atoms with van der Waals surface area (Å²) in [6, 6.07) is 11.2. The van der Waals surface area contributed by atoms with Crippen LogP contribution < -0.4 is 10.6 Å². The molecule has 0 aliphatic carbocycles. The number of nitrogens with zero attached hydrogens (tertiary/aromatic N) is 2. The predicted molar refractivity (Wildman–Crippen MR) is 83.3 cm³/mol. The summed E-state index contributed by atoms with van der Waals surface area (Å²) in [6.45, 7) is 3.64. The van der Waals surface area contributed by atoms with Gasteiger partial charge in [0.25, 0.3) is 5.91 Å². The van der Waals surface area contributed by atoms with Gasteiger partial charge in [-0.15, -0.1) is 0 Å². The lowest BCUT2D eigenvalue weighted by Gasteiger charge is -2.14. The van der Waals surface area contributed by atoms with E-state index in [1.807, 2.05) is 44.2 Å². The molecule has 0 spiro atoms. The summed E-state index contributed by atoms with van der Waals surface area (Å²) < 4.78 is 1.50. The molecule has 0 aliphatic heterocycles. The van der Waals surface area contributed by atoms with Crippen molar-refractivity contribution in [2.45, 2.75) is 19.9 Å². The van der Waals surface area contributed by atoms with Gasteiger partial charge in [-0.2, -0.15) is 5.10 Å². The zero-order chi connectivity index (χ0) is 16.1. The molecule has 1 heterocycles. The normalized spacial score (nSPS) is 11.8. The van der Waals surface area contributed by atoms with Crippen LogP contribution in [-0.2, 0) is 11.8 Å². The first-order valence-corrected chi connectivity index (χ1v) is 7.10. The minimum atomic E-state index is -0.314. The molecule has 22 heavy (non-hydrogen) atoms. The first-order valence-electron chi connectivity index (χ1n) is 7.10. The Morgan fingerprint density at radius 2 is 1.95 bits per heavy atom. The Morgan fingerprint density at radius 3 is 2.55 bits per heavy atom. The number of hydrogen-bond donors (Lipinski definition) is 2. The third-order valence-electron chi connectivity index (χ3n) is 3.32. The van der Waals surface area contributed by atoms with Crippen LogP contribution in [0.15, 0.2) is 36.4 Å². The fraction of sp³-hybridized carbons (Fsp3) is 0.312. The first kappa shape index (κ1) is 15.8. The number of amides is 2. The monoisotopic (exact) mass is 300 g/mol. The van der Waals surface area contributed by atoms with E-state index in [1.165, 1.54) is 4.68 Å². The number of aryl methyl sites for hydroxylation is 2. The van der Waals surface area contributed by atoms with Crippen LogP contribution in [0.5, 0.6) is 0 Å². The number of hydrogen-bond acceptors (Lipinski definition) is 3. The zero-order valence-corrected chi connectivity index (χ0v) is 13.0. The summed E-state index contributed by atoms with van der Waals surface area (Å²) in [5, 5.41) is 9.55. The molecule has 2 N–H and O–H groups in total. The second-order valence-electron chi connectivity index (χ2n) is 5.18. The van der Waals surface area contributed by atoms with Crippen LogP contribution in [0, 0.1) is 6.92 Å². The van der Waals surface area contributed by atoms with E-state index in [1.54, 1.807) is 13.1 Å². The Bertz CT molecular complexity index is 664. The van der Waals surface area contributed by atoms with Gasteiger partial charge in [-0.3, -0.25) is 14.3 Å². The maximum Gasteiger partial charge on any atom is 0.269 e. The second kappa shape index (κ2) is 6.89. The van der Waals surface area contributed by atoms with Crippen molar-refractivity contribution in [2.24, 2.45) is 7.05 Å². The van der Waals surface area contributed by atoms with E-state index in [4.69, 9.17) is 0 Å². The quantitative estimate of drug-likeness (QED) is 0.875. The van der Waals surface area contributed by atoms with E-state index in [0.717, 1.165) is 11.3 Å². The molecule has 1 atom stereocenters. The van der Waals surface area contributed by atoms with Crippen LogP contribution in [-0.4, -0.2) is 28.1 Å². The molecular formula is C16H20N4O2. The first-order chi connectivity index (χ1) is 10.5. The van der Waals surface area contributed by atoms with Crippen LogP contribution >= 0.6 is 0 Å². The van der Waals surface area contributed by atoms with Crippen molar-refractivity contribution < 1.29 is 9.59 Å². The number of aromatic nitrogens is 2. The number of carbonyl (C=O) groups excluding carboxylic acids is 2. The van der Waals surface area contributed by atoms with Crippen LogP contribution in [0.3, 0.4) is 0 Å². The number of rotatable bonds is 5. The van der Waals surface area contributed by atoms with Crippen LogP contribution in [0.25, 0.3) is 0 Å². The Hall–Kier alpha value is -2.63. The summed E-state index contributed by atoms with van der Waals surface area (Å²) >= 11 is 0. The van der Waals surface area contributed by atoms with E-state index in [-0.39, 0.29) is 24.4 Å². The van der Waals surface area contributed by atoms with E-state index >= 15 is 0 Å². The van der Waals surface area contributed by atoms with Crippen LogP contribution in [0.4, 0.5) is 0 Å². The largest absolute Gasteiger partial charge is 0.348 e. The molecule has 0 fully saturated rings. The summed E-state index contributed by atoms with van der Waals surface area (Å²) in [6.07, 6.45) is 0. The Labute approximate surface area is 129 Å². The zero-order valence-electron chi connectivity index (χ0n) is 13.0. The third-order valence-corrected chi connectivity index (χ3v) is 3.32. The van der Waals surface area contributed by atoms with Gasteiger partial charge in [0.15, 0.2) is 0 Å². The number of nitrogens with one attached hydrogen (secondary N) is 2. The average Bonchev–Trinajstić information content (AvgIpc) is 2.84. The fourth-order valence-corrected chi connectivity index (χ4v) is 2.19. The van der Waals surface area contributed by atoms with Gasteiger partial charge in [0.05, 0.1) is 18.3 Å². The molecule has 0 bridgehead atoms. The van der Waals surface area contributed by atoms with Crippen molar-refractivity contribution >= 4 is 11.8 Å². The van der Waals surface area contributed by atoms with E-state index in [9.17, 15) is 9.59 Å². The van der Waals surface area contributed by atoms with Gasteiger partial charge in [-0.25, -0.2) is 0 Å². The smallest absolute Gasteiger partial charge is 0.269 e. The van der Waals surface area contributed by atoms with Crippen molar-refractivity contribution in [3.63, 3.8) is 0 Å². The lowest BCUT2D eigenvalue weighted by molar-refractivity contribution is -0.120. The molecule has 1 aromatic heterocycles. The van der Waals surface area contributed by atoms with Gasteiger partial charge in [0.1, 0.15) is 5.69 Å². The van der Waals surface area contributed by atoms with Gasteiger partial charge >= 0.3 is 0 Å². The van der Waals surface area contributed by atoms with Crippen molar-refractivity contribution in [3.8, 4) is 0 Å². The minimum absolute atomic E-state index is 0.0692. The second-order valence-corrected chi connectivity index (χ2v) is 5.18. The molecule has 1 aromatic carbocycles. The molecule has 6 heteroatoms. The van der Waals surface area contributed by atoms with Crippen LogP contribution in [0.2, 0.25) is 0 Å². The fourth-order valence-electron chi connectivity index (χ4n) is 2.19. The summed E-state index contributed by atoms with van der Waals surface area (Å²) in [5.41, 5.74) is 2.21. The number of carbonyl (C=O) groups is 2. The Morgan fingerprint density at radius 1 is 1.27 bits per heavy atom. The highest BCUT2D eigenvalue weighted by atomic mass is 16.2. The topological polar surface area (TPSA) is 76.0 Å². The molecule has 0 radical (unpaired) electrons. The lowest BCUT2D eigenvalue weighted by atomic mass is 10.1. The van der Waals surface area contributed by atoms with Crippen molar-refractivity contribution in [3.05, 3.63) is 53.3 Å². The highest BCUT2D eigenvalue weighted by Gasteiger charge is 2.14. The van der Waals surface area contributed by atoms with Gasteiger partial charge in [0, 0.05) is 7.05 Å². The molecule has 2 aromatic rings. The summed E-state index contributed by atoms with van der Waals surface area (Å²) in [5.74, 6) is -0.547. The highest BCUT2D eigenvalue weighted by Crippen LogP contribution is 2.10. The standard InChI is InChI=1S/C16H20N4O2/c1-11-9-14(20(3)19-11)16(22)17-10-15(21)18-12(2)13-7-5-4-6-8-13/h4-9,12H,10H2,1-3H3,(H,17,22)(H,18,21). The minimum Gasteiger partial charge on any atom is -0.348 e. The van der Waals surface area contributed by atoms with E-state index in [0.29, 0.717) is 5.69 Å². The molecule has 0 saturated carbocycles. The molecule has 1 unspecified atom stereocenters. The third kappa shape index (κ3) is 3.94. The Kier molecular flexibility index (Phi) is 4.93. The predicted octanol–water partition coefficient (Wildman–Crippen LogP) is 1.34. The van der Waals surface area contributed by atoms with Gasteiger partial charge in [0.2, 0.25) is 5.91 Å². The van der Waals surface area contributed by atoms with Crippen molar-refractivity contribution in [1.82, 2.24) is 20.4 Å². The molecule has 2 rings (SSSR count). The molecular weight excluding hydrogens is 280 g/mol. The van der Waals surface area contributed by atoms with Gasteiger partial charge in [-0.1, -0.05) is 30.3 Å². The van der Waals surface area contributed by atoms with Crippen molar-refractivity contribution in [2.75, 3.05) is 6.54 Å². The Balaban J connectivity index is 1.85. The van der Waals surface area contributed by atoms with E-state index in [2.05, 4.69) is 15.7 Å². The maximum atomic E-state index is 12.0. The molecule has 0 saturated heterocycles. The molecule has 6 nitrogen and oxygen atoms in total. The maximum absolute atomic E-state index is 12.0. The SMILES string of the molecule is Cc1cc(C(=O)NCC(=O)NC(C)c2ccccc2)n(C)n1. The molecule has 2 amide bonds. The summed E-state index contributed by atoms with van der Waals surface area (Å²) in [7, 11) is 1.69. The van der Waals surface area contributed by atoms with E-state index < -0.39 is 0 Å². The molecule has 0 aliphatic rings. The summed E-state index contributed by atoms with van der Waals surface area (Å²) in [4.78, 5) is 23.9. The molecule has 116 valence electrons. The average molecular weight is 300 g/mol. The highest BCUT2D eigenvalue weighted by molar-refractivity contribution is 5.95. The lowest BCUT2D eigenvalue weighted by Crippen LogP contribution is -2.38. The van der Waals surface area contributed by atoms with Crippen LogP contribution in [0.1, 0.15) is 34.7 Å². The van der Waals surface area contributed by atoms with Gasteiger partial charge in [-0.05, 0) is 25.5 Å².